The van der Waals surface area contributed by atoms with E-state index in [2.05, 4.69) is 19.2 Å². The van der Waals surface area contributed by atoms with Crippen molar-refractivity contribution < 1.29 is 19.1 Å². The van der Waals surface area contributed by atoms with Crippen LogP contribution in [0.3, 0.4) is 0 Å². The van der Waals surface area contributed by atoms with Gasteiger partial charge in [-0.15, -0.1) is 0 Å². The maximum Gasteiger partial charge on any atom is 0.254 e. The van der Waals surface area contributed by atoms with Crippen LogP contribution in [0.5, 0.6) is 11.5 Å². The van der Waals surface area contributed by atoms with Gasteiger partial charge in [0.05, 0.1) is 20.1 Å². The number of carbonyl (C=O) groups is 2. The lowest BCUT2D eigenvalue weighted by atomic mass is 9.87. The van der Waals surface area contributed by atoms with E-state index < -0.39 is 0 Å². The Labute approximate surface area is 184 Å². The van der Waals surface area contributed by atoms with Crippen molar-refractivity contribution in [1.82, 2.24) is 10.2 Å². The van der Waals surface area contributed by atoms with Crippen LogP contribution in [0, 0.1) is 18.8 Å². The highest BCUT2D eigenvalue weighted by Gasteiger charge is 2.42. The van der Waals surface area contributed by atoms with Gasteiger partial charge in [-0.3, -0.25) is 9.59 Å². The number of rotatable bonds is 7. The Morgan fingerprint density at radius 2 is 1.84 bits per heavy atom. The van der Waals surface area contributed by atoms with Crippen LogP contribution >= 0.6 is 0 Å². The smallest absolute Gasteiger partial charge is 0.254 e. The second-order valence-electron chi connectivity index (χ2n) is 8.48. The van der Waals surface area contributed by atoms with Gasteiger partial charge in [0, 0.05) is 36.7 Å². The molecule has 1 heterocycles. The topological polar surface area (TPSA) is 67.9 Å². The molecule has 1 saturated heterocycles. The lowest BCUT2D eigenvalue weighted by Gasteiger charge is -2.21. The van der Waals surface area contributed by atoms with Crippen molar-refractivity contribution in [3.8, 4) is 11.5 Å². The molecule has 0 saturated carbocycles. The molecule has 2 atom stereocenters. The zero-order chi connectivity index (χ0) is 22.5. The number of likely N-dealkylation sites (tertiary alicyclic amines) is 1. The molecule has 2 aromatic carbocycles. The maximum absolute atomic E-state index is 13.3. The van der Waals surface area contributed by atoms with Crippen molar-refractivity contribution in [2.24, 2.45) is 11.8 Å². The van der Waals surface area contributed by atoms with Crippen LogP contribution in [-0.2, 0) is 4.79 Å². The molecule has 0 bridgehead atoms. The van der Waals surface area contributed by atoms with E-state index >= 15 is 0 Å². The second kappa shape index (κ2) is 9.86. The molecule has 166 valence electrons. The third-order valence-corrected chi connectivity index (χ3v) is 5.84. The van der Waals surface area contributed by atoms with Crippen molar-refractivity contribution in [2.75, 3.05) is 33.9 Å². The molecule has 0 radical (unpaired) electrons. The molecule has 2 amide bonds. The summed E-state index contributed by atoms with van der Waals surface area (Å²) in [4.78, 5) is 28.2. The highest BCUT2D eigenvalue weighted by atomic mass is 16.5. The molecule has 1 fully saturated rings. The first kappa shape index (κ1) is 22.7. The SMILES string of the molecule is COc1ccc(OC)c([C@@H]2CN(C(=O)c3ccccc3C)C[C@H]2C(=O)NCC(C)C)c1. The molecule has 0 aromatic heterocycles. The summed E-state index contributed by atoms with van der Waals surface area (Å²) in [5.41, 5.74) is 2.48. The molecule has 31 heavy (non-hydrogen) atoms. The standard InChI is InChI=1S/C25H32N2O4/c1-16(2)13-26-24(28)22-15-27(25(29)19-9-7-6-8-17(19)3)14-21(22)20-12-18(30-4)10-11-23(20)31-5/h6-12,16,21-22H,13-15H2,1-5H3,(H,26,28)/t21-,22+/m0/s1. The Balaban J connectivity index is 1.95. The van der Waals surface area contributed by atoms with Gasteiger partial charge in [0.2, 0.25) is 5.91 Å². The Hall–Kier alpha value is -3.02. The zero-order valence-corrected chi connectivity index (χ0v) is 19.0. The number of aryl methyl sites for hydroxylation is 1. The van der Waals surface area contributed by atoms with Crippen LogP contribution in [0.2, 0.25) is 0 Å². The van der Waals surface area contributed by atoms with Crippen LogP contribution in [-0.4, -0.2) is 50.6 Å². The largest absolute Gasteiger partial charge is 0.497 e. The van der Waals surface area contributed by atoms with Gasteiger partial charge < -0.3 is 19.7 Å². The summed E-state index contributed by atoms with van der Waals surface area (Å²) in [6, 6.07) is 13.1. The molecule has 0 aliphatic carbocycles. The van der Waals surface area contributed by atoms with Gasteiger partial charge >= 0.3 is 0 Å². The molecule has 1 aliphatic heterocycles. The predicted octanol–water partition coefficient (Wildman–Crippen LogP) is 3.64. The number of nitrogens with zero attached hydrogens (tertiary/aromatic N) is 1. The summed E-state index contributed by atoms with van der Waals surface area (Å²) in [7, 11) is 3.23. The van der Waals surface area contributed by atoms with Crippen LogP contribution in [0.25, 0.3) is 0 Å². The number of carbonyl (C=O) groups excluding carboxylic acids is 2. The molecule has 6 heteroatoms. The van der Waals surface area contributed by atoms with E-state index in [1.165, 1.54) is 0 Å². The van der Waals surface area contributed by atoms with E-state index in [9.17, 15) is 9.59 Å². The predicted molar refractivity (Wildman–Crippen MR) is 121 cm³/mol. The lowest BCUT2D eigenvalue weighted by molar-refractivity contribution is -0.125. The van der Waals surface area contributed by atoms with Crippen LogP contribution in [0.4, 0.5) is 0 Å². The summed E-state index contributed by atoms with van der Waals surface area (Å²) in [6.07, 6.45) is 0. The number of methoxy groups -OCH3 is 2. The van der Waals surface area contributed by atoms with Crippen LogP contribution < -0.4 is 14.8 Å². The number of amides is 2. The number of benzene rings is 2. The fourth-order valence-corrected chi connectivity index (χ4v) is 4.10. The van der Waals surface area contributed by atoms with Gasteiger partial charge in [-0.25, -0.2) is 0 Å². The Bertz CT molecular complexity index is 941. The minimum atomic E-state index is -0.368. The van der Waals surface area contributed by atoms with E-state index in [4.69, 9.17) is 9.47 Å². The summed E-state index contributed by atoms with van der Waals surface area (Å²) < 4.78 is 11.0. The molecule has 1 aliphatic rings. The molecular formula is C25H32N2O4. The fraction of sp³-hybridized carbons (Fsp3) is 0.440. The van der Waals surface area contributed by atoms with Gasteiger partial charge in [0.1, 0.15) is 11.5 Å². The summed E-state index contributed by atoms with van der Waals surface area (Å²) in [5.74, 6) is 1.09. The number of ether oxygens (including phenoxy) is 2. The van der Waals surface area contributed by atoms with Gasteiger partial charge in [0.25, 0.3) is 5.91 Å². The molecule has 1 N–H and O–H groups in total. The average molecular weight is 425 g/mol. The first-order valence-corrected chi connectivity index (χ1v) is 10.7. The Kier molecular flexibility index (Phi) is 7.21. The molecule has 3 rings (SSSR count). The summed E-state index contributed by atoms with van der Waals surface area (Å²) in [6.45, 7) is 7.46. The third-order valence-electron chi connectivity index (χ3n) is 5.84. The molecule has 6 nitrogen and oxygen atoms in total. The van der Waals surface area contributed by atoms with Crippen molar-refractivity contribution in [1.29, 1.82) is 0 Å². The Morgan fingerprint density at radius 1 is 1.10 bits per heavy atom. The monoisotopic (exact) mass is 424 g/mol. The highest BCUT2D eigenvalue weighted by Crippen LogP contribution is 2.40. The normalized spacial score (nSPS) is 18.2. The minimum Gasteiger partial charge on any atom is -0.497 e. The highest BCUT2D eigenvalue weighted by molar-refractivity contribution is 5.96. The van der Waals surface area contributed by atoms with Crippen LogP contribution in [0.1, 0.15) is 41.3 Å². The van der Waals surface area contributed by atoms with E-state index in [0.717, 1.165) is 11.1 Å². The van der Waals surface area contributed by atoms with Gasteiger partial charge in [0.15, 0.2) is 0 Å². The number of hydrogen-bond donors (Lipinski definition) is 1. The fourth-order valence-electron chi connectivity index (χ4n) is 4.10. The quantitative estimate of drug-likeness (QED) is 0.737. The molecule has 0 spiro atoms. The number of hydrogen-bond acceptors (Lipinski definition) is 4. The molecule has 0 unspecified atom stereocenters. The first-order valence-electron chi connectivity index (χ1n) is 10.7. The zero-order valence-electron chi connectivity index (χ0n) is 19.0. The van der Waals surface area contributed by atoms with Crippen LogP contribution in [0.15, 0.2) is 42.5 Å². The van der Waals surface area contributed by atoms with Crippen molar-refractivity contribution >= 4 is 11.8 Å². The van der Waals surface area contributed by atoms with Gasteiger partial charge in [-0.1, -0.05) is 32.0 Å². The van der Waals surface area contributed by atoms with Crippen molar-refractivity contribution in [3.05, 3.63) is 59.2 Å². The van der Waals surface area contributed by atoms with Gasteiger partial charge in [-0.05, 0) is 42.7 Å². The lowest BCUT2D eigenvalue weighted by Crippen LogP contribution is -2.37. The van der Waals surface area contributed by atoms with Crippen molar-refractivity contribution in [3.63, 3.8) is 0 Å². The third kappa shape index (κ3) is 5.01. The van der Waals surface area contributed by atoms with E-state index in [1.54, 1.807) is 19.1 Å². The molecular weight excluding hydrogens is 392 g/mol. The second-order valence-corrected chi connectivity index (χ2v) is 8.48. The van der Waals surface area contributed by atoms with Crippen molar-refractivity contribution in [2.45, 2.75) is 26.7 Å². The number of nitrogens with one attached hydrogen (secondary N) is 1. The van der Waals surface area contributed by atoms with Gasteiger partial charge in [-0.2, -0.15) is 0 Å². The summed E-state index contributed by atoms with van der Waals surface area (Å²) in [5, 5.41) is 3.05. The van der Waals surface area contributed by atoms with E-state index in [1.807, 2.05) is 49.4 Å². The Morgan fingerprint density at radius 3 is 2.48 bits per heavy atom. The summed E-state index contributed by atoms with van der Waals surface area (Å²) >= 11 is 0. The molecule has 2 aromatic rings. The maximum atomic E-state index is 13.3. The van der Waals surface area contributed by atoms with E-state index in [-0.39, 0.29) is 23.7 Å². The average Bonchev–Trinajstić information content (AvgIpc) is 3.22. The first-order chi connectivity index (χ1) is 14.8. The van der Waals surface area contributed by atoms with E-state index in [0.29, 0.717) is 42.6 Å². The minimum absolute atomic E-state index is 0.0383.